The van der Waals surface area contributed by atoms with E-state index in [-0.39, 0.29) is 5.91 Å². The number of nitrogens with one attached hydrogen (secondary N) is 1. The largest absolute Gasteiger partial charge is 0.497 e. The maximum atomic E-state index is 12.0. The van der Waals surface area contributed by atoms with Gasteiger partial charge in [0, 0.05) is 31.1 Å². The lowest BCUT2D eigenvalue weighted by molar-refractivity contribution is -0.118. The van der Waals surface area contributed by atoms with E-state index in [2.05, 4.69) is 34.5 Å². The first-order valence-corrected chi connectivity index (χ1v) is 10.3. The van der Waals surface area contributed by atoms with Gasteiger partial charge in [0.2, 0.25) is 5.91 Å². The van der Waals surface area contributed by atoms with E-state index in [1.807, 2.05) is 24.3 Å². The zero-order chi connectivity index (χ0) is 18.9. The predicted molar refractivity (Wildman–Crippen MR) is 110 cm³/mol. The summed E-state index contributed by atoms with van der Waals surface area (Å²) in [7, 11) is 1.66. The van der Waals surface area contributed by atoms with Gasteiger partial charge in [-0.25, -0.2) is 0 Å². The summed E-state index contributed by atoms with van der Waals surface area (Å²) in [4.78, 5) is 14.4. The van der Waals surface area contributed by atoms with Crippen LogP contribution in [0.2, 0.25) is 0 Å². The van der Waals surface area contributed by atoms with Crippen molar-refractivity contribution in [3.8, 4) is 5.75 Å². The molecule has 27 heavy (non-hydrogen) atoms. The van der Waals surface area contributed by atoms with Crippen molar-refractivity contribution in [1.29, 1.82) is 0 Å². The van der Waals surface area contributed by atoms with Crippen LogP contribution in [0.4, 0.5) is 5.69 Å². The molecule has 1 N–H and O–H groups in total. The minimum atomic E-state index is 0.0609. The molecule has 1 saturated heterocycles. The standard InChI is InChI=1S/C21H26N2O3S/c1-25-20-8-4-18(5-9-20)15-27-16-21(24)22-14-17-2-6-19(7-3-17)23-10-12-26-13-11-23/h2-9H,10-16H2,1H3,(H,22,24). The Balaban J connectivity index is 1.37. The zero-order valence-electron chi connectivity index (χ0n) is 15.6. The Hall–Kier alpha value is -2.18. The van der Waals surface area contributed by atoms with Crippen LogP contribution >= 0.6 is 11.8 Å². The van der Waals surface area contributed by atoms with Gasteiger partial charge in [0.1, 0.15) is 5.75 Å². The molecular weight excluding hydrogens is 360 g/mol. The summed E-state index contributed by atoms with van der Waals surface area (Å²) in [5.41, 5.74) is 3.51. The highest BCUT2D eigenvalue weighted by Crippen LogP contribution is 2.18. The van der Waals surface area contributed by atoms with Crippen LogP contribution in [0.5, 0.6) is 5.75 Å². The number of thioether (sulfide) groups is 1. The summed E-state index contributed by atoms with van der Waals surface area (Å²) in [5.74, 6) is 2.18. The third kappa shape index (κ3) is 6.19. The average molecular weight is 387 g/mol. The number of benzene rings is 2. The third-order valence-corrected chi connectivity index (χ3v) is 5.47. The summed E-state index contributed by atoms with van der Waals surface area (Å²) < 4.78 is 10.5. The molecule has 6 heteroatoms. The highest BCUT2D eigenvalue weighted by Gasteiger charge is 2.10. The maximum absolute atomic E-state index is 12.0. The van der Waals surface area contributed by atoms with E-state index in [4.69, 9.17) is 9.47 Å². The number of carbonyl (C=O) groups is 1. The fraction of sp³-hybridized carbons (Fsp3) is 0.381. The van der Waals surface area contributed by atoms with Crippen molar-refractivity contribution in [3.63, 3.8) is 0 Å². The van der Waals surface area contributed by atoms with E-state index in [1.54, 1.807) is 18.9 Å². The summed E-state index contributed by atoms with van der Waals surface area (Å²) in [5, 5.41) is 2.99. The molecule has 0 atom stereocenters. The Kier molecular flexibility index (Phi) is 7.42. The summed E-state index contributed by atoms with van der Waals surface area (Å²) >= 11 is 1.61. The molecule has 2 aromatic carbocycles. The first-order chi connectivity index (χ1) is 13.2. The average Bonchev–Trinajstić information content (AvgIpc) is 2.74. The maximum Gasteiger partial charge on any atom is 0.230 e. The zero-order valence-corrected chi connectivity index (χ0v) is 16.5. The van der Waals surface area contributed by atoms with Crippen molar-refractivity contribution in [1.82, 2.24) is 5.32 Å². The number of methoxy groups -OCH3 is 1. The molecule has 2 aromatic rings. The first kappa shape index (κ1) is 19.6. The molecule has 0 aromatic heterocycles. The molecule has 0 spiro atoms. The predicted octanol–water partition coefficient (Wildman–Crippen LogP) is 3.08. The van der Waals surface area contributed by atoms with Gasteiger partial charge in [-0.15, -0.1) is 11.8 Å². The quantitative estimate of drug-likeness (QED) is 0.756. The topological polar surface area (TPSA) is 50.8 Å². The molecular formula is C21H26N2O3S. The number of rotatable bonds is 8. The van der Waals surface area contributed by atoms with Gasteiger partial charge in [0.05, 0.1) is 26.1 Å². The van der Waals surface area contributed by atoms with Crippen LogP contribution in [0.25, 0.3) is 0 Å². The second kappa shape index (κ2) is 10.2. The molecule has 0 bridgehead atoms. The first-order valence-electron chi connectivity index (χ1n) is 9.13. The van der Waals surface area contributed by atoms with Gasteiger partial charge in [-0.3, -0.25) is 4.79 Å². The molecule has 1 amide bonds. The molecule has 5 nitrogen and oxygen atoms in total. The van der Waals surface area contributed by atoms with Crippen LogP contribution in [0.3, 0.4) is 0 Å². The summed E-state index contributed by atoms with van der Waals surface area (Å²) in [6.45, 7) is 3.99. The highest BCUT2D eigenvalue weighted by atomic mass is 32.2. The van der Waals surface area contributed by atoms with Crippen molar-refractivity contribution in [2.75, 3.05) is 44.1 Å². The lowest BCUT2D eigenvalue weighted by Gasteiger charge is -2.28. The van der Waals surface area contributed by atoms with Crippen LogP contribution in [0, 0.1) is 0 Å². The van der Waals surface area contributed by atoms with E-state index in [9.17, 15) is 4.79 Å². The lowest BCUT2D eigenvalue weighted by Crippen LogP contribution is -2.36. The SMILES string of the molecule is COc1ccc(CSCC(=O)NCc2ccc(N3CCOCC3)cc2)cc1. The van der Waals surface area contributed by atoms with Crippen LogP contribution in [-0.4, -0.2) is 45.1 Å². The molecule has 1 fully saturated rings. The second-order valence-electron chi connectivity index (χ2n) is 6.38. The van der Waals surface area contributed by atoms with Gasteiger partial charge in [-0.2, -0.15) is 0 Å². The molecule has 0 aliphatic carbocycles. The van der Waals surface area contributed by atoms with Crippen LogP contribution in [0.1, 0.15) is 11.1 Å². The Morgan fingerprint density at radius 3 is 2.41 bits per heavy atom. The lowest BCUT2D eigenvalue weighted by atomic mass is 10.2. The normalized spacial score (nSPS) is 14.0. The van der Waals surface area contributed by atoms with Crippen LogP contribution in [-0.2, 0) is 21.8 Å². The van der Waals surface area contributed by atoms with Crippen molar-refractivity contribution in [2.24, 2.45) is 0 Å². The molecule has 1 aliphatic rings. The number of nitrogens with zero attached hydrogens (tertiary/aromatic N) is 1. The van der Waals surface area contributed by atoms with Gasteiger partial charge >= 0.3 is 0 Å². The van der Waals surface area contributed by atoms with Gasteiger partial charge in [-0.1, -0.05) is 24.3 Å². The van der Waals surface area contributed by atoms with E-state index in [0.29, 0.717) is 12.3 Å². The Morgan fingerprint density at radius 2 is 1.74 bits per heavy atom. The van der Waals surface area contributed by atoms with Gasteiger partial charge in [0.25, 0.3) is 0 Å². The smallest absolute Gasteiger partial charge is 0.230 e. The van der Waals surface area contributed by atoms with Crippen molar-refractivity contribution in [3.05, 3.63) is 59.7 Å². The van der Waals surface area contributed by atoms with Gasteiger partial charge < -0.3 is 19.7 Å². The van der Waals surface area contributed by atoms with Gasteiger partial charge in [-0.05, 0) is 35.4 Å². The molecule has 1 heterocycles. The van der Waals surface area contributed by atoms with Crippen LogP contribution < -0.4 is 15.0 Å². The van der Waals surface area contributed by atoms with Crippen molar-refractivity contribution < 1.29 is 14.3 Å². The number of carbonyl (C=O) groups excluding carboxylic acids is 1. The van der Waals surface area contributed by atoms with Crippen molar-refractivity contribution in [2.45, 2.75) is 12.3 Å². The molecule has 144 valence electrons. The molecule has 1 aliphatic heterocycles. The van der Waals surface area contributed by atoms with Crippen molar-refractivity contribution >= 4 is 23.4 Å². The van der Waals surface area contributed by atoms with E-state index < -0.39 is 0 Å². The summed E-state index contributed by atoms with van der Waals surface area (Å²) in [6, 6.07) is 16.3. The number of anilines is 1. The Labute approximate surface area is 165 Å². The van der Waals surface area contributed by atoms with Gasteiger partial charge in [0.15, 0.2) is 0 Å². The fourth-order valence-corrected chi connectivity index (χ4v) is 3.70. The Bertz CT molecular complexity index is 713. The number of hydrogen-bond donors (Lipinski definition) is 1. The Morgan fingerprint density at radius 1 is 1.07 bits per heavy atom. The monoisotopic (exact) mass is 386 g/mol. The minimum absolute atomic E-state index is 0.0609. The fourth-order valence-electron chi connectivity index (χ4n) is 2.88. The minimum Gasteiger partial charge on any atom is -0.497 e. The van der Waals surface area contributed by atoms with E-state index in [0.717, 1.165) is 43.4 Å². The van der Waals surface area contributed by atoms with Crippen LogP contribution in [0.15, 0.2) is 48.5 Å². The second-order valence-corrected chi connectivity index (χ2v) is 7.37. The van der Waals surface area contributed by atoms with E-state index >= 15 is 0 Å². The third-order valence-electron chi connectivity index (χ3n) is 4.46. The summed E-state index contributed by atoms with van der Waals surface area (Å²) in [6.07, 6.45) is 0. The number of hydrogen-bond acceptors (Lipinski definition) is 5. The number of amides is 1. The molecule has 0 saturated carbocycles. The number of ether oxygens (including phenoxy) is 2. The van der Waals surface area contributed by atoms with E-state index in [1.165, 1.54) is 11.3 Å². The molecule has 0 radical (unpaired) electrons. The molecule has 3 rings (SSSR count). The highest BCUT2D eigenvalue weighted by molar-refractivity contribution is 7.99. The molecule has 0 unspecified atom stereocenters. The number of morpholine rings is 1.